The van der Waals surface area contributed by atoms with Gasteiger partial charge in [-0.3, -0.25) is 4.90 Å². The minimum absolute atomic E-state index is 0.526. The standard InChI is InChI=1S/C20H28N2/c1-4-15(2)20(22-13-11-21-12-14-22)19-10-9-16(3)17-7-5-6-8-18(17)19/h5-10,15,20-21H,4,11-14H2,1-3H3/t15?,20-/m0/s1. The molecular formula is C20H28N2. The van der Waals surface area contributed by atoms with E-state index in [9.17, 15) is 0 Å². The van der Waals surface area contributed by atoms with Crippen molar-refractivity contribution >= 4 is 10.8 Å². The first-order valence-electron chi connectivity index (χ1n) is 8.65. The Morgan fingerprint density at radius 3 is 2.41 bits per heavy atom. The molecule has 0 aromatic heterocycles. The lowest BCUT2D eigenvalue weighted by atomic mass is 9.86. The molecule has 3 rings (SSSR count). The van der Waals surface area contributed by atoms with Gasteiger partial charge in [-0.05, 0) is 34.7 Å². The van der Waals surface area contributed by atoms with Crippen molar-refractivity contribution in [2.45, 2.75) is 33.2 Å². The first-order valence-corrected chi connectivity index (χ1v) is 8.65. The molecule has 22 heavy (non-hydrogen) atoms. The van der Waals surface area contributed by atoms with Gasteiger partial charge in [-0.2, -0.15) is 0 Å². The van der Waals surface area contributed by atoms with Gasteiger partial charge >= 0.3 is 0 Å². The molecule has 0 amide bonds. The normalized spacial score (nSPS) is 19.2. The van der Waals surface area contributed by atoms with Crippen LogP contribution in [0.3, 0.4) is 0 Å². The van der Waals surface area contributed by atoms with Gasteiger partial charge in [0.2, 0.25) is 0 Å². The summed E-state index contributed by atoms with van der Waals surface area (Å²) >= 11 is 0. The molecule has 2 heteroatoms. The number of benzene rings is 2. The van der Waals surface area contributed by atoms with E-state index in [1.807, 2.05) is 0 Å². The number of fused-ring (bicyclic) bond motifs is 1. The summed E-state index contributed by atoms with van der Waals surface area (Å²) in [6.45, 7) is 11.5. The smallest absolute Gasteiger partial charge is 0.0380 e. The summed E-state index contributed by atoms with van der Waals surface area (Å²) in [5, 5.41) is 6.32. The van der Waals surface area contributed by atoms with E-state index in [4.69, 9.17) is 0 Å². The van der Waals surface area contributed by atoms with Crippen molar-refractivity contribution in [1.29, 1.82) is 0 Å². The number of piperazine rings is 1. The molecule has 0 saturated carbocycles. The third kappa shape index (κ3) is 2.90. The third-order valence-electron chi connectivity index (χ3n) is 5.22. The molecule has 0 bridgehead atoms. The van der Waals surface area contributed by atoms with Crippen LogP contribution in [0.4, 0.5) is 0 Å². The van der Waals surface area contributed by atoms with Crippen LogP contribution >= 0.6 is 0 Å². The lowest BCUT2D eigenvalue weighted by Gasteiger charge is -2.39. The van der Waals surface area contributed by atoms with E-state index in [2.05, 4.69) is 67.4 Å². The average molecular weight is 296 g/mol. The number of aryl methyl sites for hydroxylation is 1. The van der Waals surface area contributed by atoms with Crippen molar-refractivity contribution in [1.82, 2.24) is 10.2 Å². The quantitative estimate of drug-likeness (QED) is 0.912. The topological polar surface area (TPSA) is 15.3 Å². The molecule has 0 radical (unpaired) electrons. The van der Waals surface area contributed by atoms with Crippen molar-refractivity contribution in [3.8, 4) is 0 Å². The lowest BCUT2D eigenvalue weighted by Crippen LogP contribution is -2.46. The maximum atomic E-state index is 3.48. The number of hydrogen-bond acceptors (Lipinski definition) is 2. The fourth-order valence-electron chi connectivity index (χ4n) is 3.78. The van der Waals surface area contributed by atoms with Crippen molar-refractivity contribution in [3.05, 3.63) is 47.5 Å². The molecule has 2 atom stereocenters. The van der Waals surface area contributed by atoms with Crippen LogP contribution in [0.5, 0.6) is 0 Å². The van der Waals surface area contributed by atoms with Gasteiger partial charge in [-0.1, -0.05) is 56.7 Å². The number of nitrogens with one attached hydrogen (secondary N) is 1. The van der Waals surface area contributed by atoms with Gasteiger partial charge in [0.05, 0.1) is 0 Å². The van der Waals surface area contributed by atoms with Crippen molar-refractivity contribution in [2.24, 2.45) is 5.92 Å². The molecule has 1 aliphatic rings. The van der Waals surface area contributed by atoms with E-state index in [-0.39, 0.29) is 0 Å². The molecule has 2 aromatic carbocycles. The highest BCUT2D eigenvalue weighted by Gasteiger charge is 2.27. The maximum Gasteiger partial charge on any atom is 0.0380 e. The van der Waals surface area contributed by atoms with E-state index in [0.717, 1.165) is 26.2 Å². The molecule has 1 fully saturated rings. The third-order valence-corrected chi connectivity index (χ3v) is 5.22. The average Bonchev–Trinajstić information content (AvgIpc) is 2.58. The van der Waals surface area contributed by atoms with E-state index in [1.165, 1.54) is 28.3 Å². The first kappa shape index (κ1) is 15.5. The van der Waals surface area contributed by atoms with Gasteiger partial charge in [-0.25, -0.2) is 0 Å². The summed E-state index contributed by atoms with van der Waals surface area (Å²) in [5.74, 6) is 0.671. The Labute approximate surface area is 134 Å². The molecular weight excluding hydrogens is 268 g/mol. The van der Waals surface area contributed by atoms with Crippen LogP contribution in [0.2, 0.25) is 0 Å². The van der Waals surface area contributed by atoms with Crippen LogP contribution in [-0.2, 0) is 0 Å². The maximum absolute atomic E-state index is 3.48. The van der Waals surface area contributed by atoms with E-state index in [1.54, 1.807) is 0 Å². The SMILES string of the molecule is CCC(C)[C@@H](c1ccc(C)c2ccccc12)N1CCNCC1. The van der Waals surface area contributed by atoms with Crippen molar-refractivity contribution in [3.63, 3.8) is 0 Å². The summed E-state index contributed by atoms with van der Waals surface area (Å²) in [6.07, 6.45) is 1.22. The number of nitrogens with zero attached hydrogens (tertiary/aromatic N) is 1. The van der Waals surface area contributed by atoms with Gasteiger partial charge in [-0.15, -0.1) is 0 Å². The fourth-order valence-corrected chi connectivity index (χ4v) is 3.78. The summed E-state index contributed by atoms with van der Waals surface area (Å²) < 4.78 is 0. The van der Waals surface area contributed by atoms with Crippen LogP contribution in [0.25, 0.3) is 10.8 Å². The van der Waals surface area contributed by atoms with Crippen LogP contribution in [-0.4, -0.2) is 31.1 Å². The highest BCUT2D eigenvalue weighted by Crippen LogP contribution is 2.36. The second-order valence-corrected chi connectivity index (χ2v) is 6.63. The molecule has 1 saturated heterocycles. The van der Waals surface area contributed by atoms with Gasteiger partial charge in [0.1, 0.15) is 0 Å². The Morgan fingerprint density at radius 1 is 1.05 bits per heavy atom. The van der Waals surface area contributed by atoms with E-state index in [0.29, 0.717) is 12.0 Å². The number of hydrogen-bond donors (Lipinski definition) is 1. The number of rotatable bonds is 4. The predicted octanol–water partition coefficient (Wildman–Crippen LogP) is 4.14. The van der Waals surface area contributed by atoms with Crippen LogP contribution in [0.1, 0.15) is 37.4 Å². The minimum atomic E-state index is 0.526. The zero-order chi connectivity index (χ0) is 15.5. The summed E-state index contributed by atoms with van der Waals surface area (Å²) in [6, 6.07) is 14.1. The lowest BCUT2D eigenvalue weighted by molar-refractivity contribution is 0.129. The summed E-state index contributed by atoms with van der Waals surface area (Å²) in [7, 11) is 0. The Hall–Kier alpha value is -1.38. The molecule has 2 aromatic rings. The molecule has 1 N–H and O–H groups in total. The molecule has 1 unspecified atom stereocenters. The second kappa shape index (κ2) is 6.80. The summed E-state index contributed by atoms with van der Waals surface area (Å²) in [5.41, 5.74) is 2.89. The van der Waals surface area contributed by atoms with Gasteiger partial charge in [0, 0.05) is 32.2 Å². The Bertz CT molecular complexity index is 629. The van der Waals surface area contributed by atoms with E-state index >= 15 is 0 Å². The van der Waals surface area contributed by atoms with Gasteiger partial charge in [0.25, 0.3) is 0 Å². The minimum Gasteiger partial charge on any atom is -0.314 e. The Kier molecular flexibility index (Phi) is 4.80. The van der Waals surface area contributed by atoms with Crippen LogP contribution in [0, 0.1) is 12.8 Å². The zero-order valence-electron chi connectivity index (χ0n) is 14.1. The molecule has 0 aliphatic carbocycles. The van der Waals surface area contributed by atoms with Gasteiger partial charge < -0.3 is 5.32 Å². The van der Waals surface area contributed by atoms with E-state index < -0.39 is 0 Å². The molecule has 1 aliphatic heterocycles. The first-order chi connectivity index (χ1) is 10.7. The Balaban J connectivity index is 2.09. The van der Waals surface area contributed by atoms with Crippen LogP contribution < -0.4 is 5.32 Å². The monoisotopic (exact) mass is 296 g/mol. The van der Waals surface area contributed by atoms with Crippen molar-refractivity contribution in [2.75, 3.05) is 26.2 Å². The molecule has 2 nitrogen and oxygen atoms in total. The van der Waals surface area contributed by atoms with Crippen molar-refractivity contribution < 1.29 is 0 Å². The fraction of sp³-hybridized carbons (Fsp3) is 0.500. The molecule has 1 heterocycles. The molecule has 0 spiro atoms. The van der Waals surface area contributed by atoms with Crippen LogP contribution in [0.15, 0.2) is 36.4 Å². The highest BCUT2D eigenvalue weighted by atomic mass is 15.2. The second-order valence-electron chi connectivity index (χ2n) is 6.63. The summed E-state index contributed by atoms with van der Waals surface area (Å²) in [4.78, 5) is 2.68. The van der Waals surface area contributed by atoms with Gasteiger partial charge in [0.15, 0.2) is 0 Å². The molecule has 118 valence electrons. The highest BCUT2D eigenvalue weighted by molar-refractivity contribution is 5.89. The largest absolute Gasteiger partial charge is 0.314 e. The zero-order valence-corrected chi connectivity index (χ0v) is 14.1. The Morgan fingerprint density at radius 2 is 1.73 bits per heavy atom. The predicted molar refractivity (Wildman–Crippen MR) is 95.3 cm³/mol.